The fraction of sp³-hybridized carbons (Fsp3) is 0.280. The topological polar surface area (TPSA) is 99.7 Å². The van der Waals surface area contributed by atoms with Gasteiger partial charge in [0.15, 0.2) is 21.5 Å². The molecule has 0 aliphatic heterocycles. The maximum atomic E-state index is 16.0. The minimum Gasteiger partial charge on any atom is -0.277 e. The van der Waals surface area contributed by atoms with Gasteiger partial charge in [-0.15, -0.1) is 4.80 Å². The SMILES string of the molecule is Cc1cnc(-c2cccc(S(C)(=O)=O)c2F)c(F)c1-n1c(C)cc([C@H]2C[C@@H]2c2cnn(C(F)F)n2)c(Cl)c1=O. The average molecular weight is 582 g/mol. The third kappa shape index (κ3) is 4.63. The normalized spacial score (nSPS) is 17.2. The van der Waals surface area contributed by atoms with E-state index in [1.54, 1.807) is 13.0 Å². The highest BCUT2D eigenvalue weighted by molar-refractivity contribution is 7.90. The molecule has 1 fully saturated rings. The summed E-state index contributed by atoms with van der Waals surface area (Å²) in [5.41, 5.74) is -0.449. The molecule has 1 aliphatic carbocycles. The Labute approximate surface area is 224 Å². The summed E-state index contributed by atoms with van der Waals surface area (Å²) in [5, 5.41) is 7.14. The first-order chi connectivity index (χ1) is 18.3. The van der Waals surface area contributed by atoms with Crippen LogP contribution in [0, 0.1) is 25.5 Å². The van der Waals surface area contributed by atoms with Crippen molar-refractivity contribution in [3.63, 3.8) is 0 Å². The van der Waals surface area contributed by atoms with Crippen LogP contribution in [0.4, 0.5) is 17.6 Å². The van der Waals surface area contributed by atoms with E-state index in [9.17, 15) is 22.0 Å². The van der Waals surface area contributed by atoms with Crippen LogP contribution in [0.15, 0.2) is 46.3 Å². The lowest BCUT2D eigenvalue weighted by Gasteiger charge is -2.18. The Morgan fingerprint density at radius 2 is 1.82 bits per heavy atom. The molecule has 0 N–H and O–H groups in total. The summed E-state index contributed by atoms with van der Waals surface area (Å²) in [6, 6.07) is 5.13. The molecule has 14 heteroatoms. The molecule has 2 atom stereocenters. The minimum absolute atomic E-state index is 0.184. The number of benzene rings is 1. The first-order valence-corrected chi connectivity index (χ1v) is 13.8. The lowest BCUT2D eigenvalue weighted by atomic mass is 10.1. The van der Waals surface area contributed by atoms with Crippen molar-refractivity contribution >= 4 is 21.4 Å². The van der Waals surface area contributed by atoms with Gasteiger partial charge in [-0.1, -0.05) is 17.7 Å². The lowest BCUT2D eigenvalue weighted by Crippen LogP contribution is -2.24. The molecule has 1 aliphatic rings. The fourth-order valence-corrected chi connectivity index (χ4v) is 5.75. The third-order valence-electron chi connectivity index (χ3n) is 6.65. The van der Waals surface area contributed by atoms with Gasteiger partial charge in [-0.05, 0) is 55.5 Å². The summed E-state index contributed by atoms with van der Waals surface area (Å²) < 4.78 is 81.8. The summed E-state index contributed by atoms with van der Waals surface area (Å²) in [5.74, 6) is -2.74. The van der Waals surface area contributed by atoms with E-state index in [1.165, 1.54) is 31.5 Å². The van der Waals surface area contributed by atoms with Crippen LogP contribution in [0.25, 0.3) is 16.9 Å². The number of alkyl halides is 2. The van der Waals surface area contributed by atoms with Gasteiger partial charge in [0.2, 0.25) is 0 Å². The highest BCUT2D eigenvalue weighted by Crippen LogP contribution is 2.55. The fourth-order valence-electron chi connectivity index (χ4n) is 4.71. The van der Waals surface area contributed by atoms with Crippen LogP contribution in [-0.4, -0.2) is 39.2 Å². The van der Waals surface area contributed by atoms with E-state index in [2.05, 4.69) is 15.2 Å². The quantitative estimate of drug-likeness (QED) is 0.294. The van der Waals surface area contributed by atoms with E-state index in [1.807, 2.05) is 0 Å². The van der Waals surface area contributed by atoms with Gasteiger partial charge in [-0.25, -0.2) is 17.2 Å². The number of hydrogen-bond acceptors (Lipinski definition) is 6. The summed E-state index contributed by atoms with van der Waals surface area (Å²) in [6.45, 7) is 0.196. The summed E-state index contributed by atoms with van der Waals surface area (Å²) in [4.78, 5) is 17.1. The standard InChI is InChI=1S/C25H20ClF4N5O3S/c1-11-9-31-22(13-5-4-6-18(20(13)27)39(3,37)38)21(28)23(11)34-12(2)7-16(19(26)24(34)36)14-8-15(14)17-10-32-35(33-17)25(29)30/h4-7,9-10,14-15,25H,8H2,1-3H3/t14-,15-/m0/s1. The highest BCUT2D eigenvalue weighted by Gasteiger charge is 2.43. The first kappa shape index (κ1) is 27.0. The van der Waals surface area contributed by atoms with E-state index in [-0.39, 0.29) is 33.7 Å². The van der Waals surface area contributed by atoms with Crippen LogP contribution in [0.1, 0.15) is 47.3 Å². The molecular weight excluding hydrogens is 562 g/mol. The van der Waals surface area contributed by atoms with E-state index in [0.717, 1.165) is 16.9 Å². The molecule has 3 aromatic heterocycles. The number of rotatable bonds is 6. The predicted octanol–water partition coefficient (Wildman–Crippen LogP) is 5.11. The molecule has 1 aromatic carbocycles. The Bertz CT molecular complexity index is 1810. The Hall–Kier alpha value is -3.58. The second kappa shape index (κ2) is 9.56. The zero-order valence-electron chi connectivity index (χ0n) is 20.7. The molecule has 0 saturated heterocycles. The van der Waals surface area contributed by atoms with Crippen molar-refractivity contribution in [1.82, 2.24) is 24.5 Å². The molecule has 1 saturated carbocycles. The molecule has 0 unspecified atom stereocenters. The van der Waals surface area contributed by atoms with Gasteiger partial charge in [0.25, 0.3) is 5.56 Å². The lowest BCUT2D eigenvalue weighted by molar-refractivity contribution is 0.0409. The van der Waals surface area contributed by atoms with Crippen LogP contribution in [0.2, 0.25) is 5.02 Å². The Morgan fingerprint density at radius 3 is 2.46 bits per heavy atom. The average Bonchev–Trinajstić information content (AvgIpc) is 3.49. The van der Waals surface area contributed by atoms with E-state index in [4.69, 9.17) is 11.6 Å². The molecule has 0 amide bonds. The number of aromatic nitrogens is 5. The largest absolute Gasteiger partial charge is 0.348 e. The monoisotopic (exact) mass is 581 g/mol. The van der Waals surface area contributed by atoms with Crippen molar-refractivity contribution in [2.75, 3.05) is 6.26 Å². The van der Waals surface area contributed by atoms with Crippen molar-refractivity contribution in [1.29, 1.82) is 0 Å². The maximum absolute atomic E-state index is 16.0. The van der Waals surface area contributed by atoms with Gasteiger partial charge in [-0.2, -0.15) is 19.0 Å². The zero-order chi connectivity index (χ0) is 28.4. The number of aryl methyl sites for hydroxylation is 2. The van der Waals surface area contributed by atoms with Crippen molar-refractivity contribution in [3.05, 3.63) is 86.2 Å². The van der Waals surface area contributed by atoms with Crippen LogP contribution < -0.4 is 5.56 Å². The van der Waals surface area contributed by atoms with Gasteiger partial charge in [0.1, 0.15) is 15.6 Å². The smallest absolute Gasteiger partial charge is 0.277 e. The Morgan fingerprint density at radius 1 is 1.10 bits per heavy atom. The molecular formula is C25H20ClF4N5O3S. The first-order valence-electron chi connectivity index (χ1n) is 11.6. The molecule has 3 heterocycles. The van der Waals surface area contributed by atoms with Gasteiger partial charge in [-0.3, -0.25) is 14.3 Å². The number of nitrogens with zero attached hydrogens (tertiary/aromatic N) is 5. The van der Waals surface area contributed by atoms with Gasteiger partial charge < -0.3 is 0 Å². The van der Waals surface area contributed by atoms with Crippen LogP contribution in [0.5, 0.6) is 0 Å². The second-order valence-corrected chi connectivity index (χ2v) is 11.7. The number of halogens is 5. The van der Waals surface area contributed by atoms with E-state index < -0.39 is 44.2 Å². The molecule has 8 nitrogen and oxygen atoms in total. The third-order valence-corrected chi connectivity index (χ3v) is 8.14. The number of sulfone groups is 1. The molecule has 204 valence electrons. The zero-order valence-corrected chi connectivity index (χ0v) is 22.2. The molecule has 39 heavy (non-hydrogen) atoms. The van der Waals surface area contributed by atoms with Crippen LogP contribution >= 0.6 is 11.6 Å². The van der Waals surface area contributed by atoms with E-state index in [0.29, 0.717) is 28.2 Å². The second-order valence-electron chi connectivity index (χ2n) is 9.35. The van der Waals surface area contributed by atoms with Gasteiger partial charge in [0.05, 0.1) is 17.6 Å². The predicted molar refractivity (Wildman–Crippen MR) is 134 cm³/mol. The van der Waals surface area contributed by atoms with Crippen molar-refractivity contribution in [3.8, 4) is 16.9 Å². The summed E-state index contributed by atoms with van der Waals surface area (Å²) >= 11 is 6.46. The molecule has 0 bridgehead atoms. The van der Waals surface area contributed by atoms with Crippen molar-refractivity contribution < 1.29 is 26.0 Å². The van der Waals surface area contributed by atoms with Crippen LogP contribution in [-0.2, 0) is 9.84 Å². The molecule has 0 spiro atoms. The van der Waals surface area contributed by atoms with Crippen LogP contribution in [0.3, 0.4) is 0 Å². The van der Waals surface area contributed by atoms with Crippen molar-refractivity contribution in [2.45, 2.75) is 43.5 Å². The Kier molecular flexibility index (Phi) is 6.62. The molecule has 4 aromatic rings. The number of hydrogen-bond donors (Lipinski definition) is 0. The Balaban J connectivity index is 1.59. The minimum atomic E-state index is -3.95. The van der Waals surface area contributed by atoms with Gasteiger partial charge in [0, 0.05) is 29.6 Å². The summed E-state index contributed by atoms with van der Waals surface area (Å²) in [7, 11) is -3.95. The molecule has 0 radical (unpaired) electrons. The molecule has 5 rings (SSSR count). The number of pyridine rings is 2. The van der Waals surface area contributed by atoms with Gasteiger partial charge >= 0.3 is 6.55 Å². The maximum Gasteiger partial charge on any atom is 0.348 e. The summed E-state index contributed by atoms with van der Waals surface area (Å²) in [6.07, 6.45) is 3.83. The highest BCUT2D eigenvalue weighted by atomic mass is 35.5. The van der Waals surface area contributed by atoms with E-state index >= 15 is 8.78 Å². The van der Waals surface area contributed by atoms with Crippen molar-refractivity contribution in [2.24, 2.45) is 0 Å².